The quantitative estimate of drug-likeness (QED) is 0.130. The normalized spacial score (nSPS) is 20.9. The van der Waals surface area contributed by atoms with Crippen LogP contribution < -0.4 is 9.80 Å². The first-order valence-electron chi connectivity index (χ1n) is 21.7. The van der Waals surface area contributed by atoms with Gasteiger partial charge in [0.2, 0.25) is 0 Å². The van der Waals surface area contributed by atoms with Gasteiger partial charge in [-0.15, -0.1) is 0 Å². The number of hydrogen-bond donors (Lipinski definition) is 2. The van der Waals surface area contributed by atoms with Crippen molar-refractivity contribution in [3.05, 3.63) is 144 Å². The van der Waals surface area contributed by atoms with E-state index >= 15 is 0 Å². The second-order valence-electron chi connectivity index (χ2n) is 17.3. The number of ketones is 1. The molecule has 0 fully saturated rings. The molecule has 7 heteroatoms. The van der Waals surface area contributed by atoms with E-state index in [0.717, 1.165) is 78.0 Å². The minimum atomic E-state index is -0.197. The summed E-state index contributed by atoms with van der Waals surface area (Å²) in [5, 5.41) is 2.56. The van der Waals surface area contributed by atoms with Gasteiger partial charge in [-0.1, -0.05) is 60.7 Å². The number of hydrogen-bond acceptors (Lipinski definition) is 5. The third-order valence-corrected chi connectivity index (χ3v) is 14.0. The van der Waals surface area contributed by atoms with Gasteiger partial charge in [0.15, 0.2) is 5.78 Å². The summed E-state index contributed by atoms with van der Waals surface area (Å²) in [7, 11) is 0. The Morgan fingerprint density at radius 3 is 1.53 bits per heavy atom. The molecule has 58 heavy (non-hydrogen) atoms. The van der Waals surface area contributed by atoms with Crippen LogP contribution in [-0.2, 0) is 4.79 Å². The Labute approximate surface area is 343 Å². The van der Waals surface area contributed by atoms with E-state index in [-0.39, 0.29) is 12.1 Å². The summed E-state index contributed by atoms with van der Waals surface area (Å²) in [4.78, 5) is 31.2. The Bertz CT molecular complexity index is 2340. The highest BCUT2D eigenvalue weighted by Gasteiger charge is 2.39. The summed E-state index contributed by atoms with van der Waals surface area (Å²) >= 11 is 0. The first-order chi connectivity index (χ1) is 28.5. The average Bonchev–Trinajstić information content (AvgIpc) is 4.09. The summed E-state index contributed by atoms with van der Waals surface area (Å²) in [5.74, 6) is 1.15. The lowest BCUT2D eigenvalue weighted by atomic mass is 9.96. The molecular weight excluding hydrogens is 713 g/mol. The molecule has 6 aromatic rings. The number of carbonyl (C=O) groups is 1. The number of aromatic nitrogens is 2. The van der Waals surface area contributed by atoms with E-state index in [1.165, 1.54) is 66.6 Å². The fourth-order valence-corrected chi connectivity index (χ4v) is 10.5. The second-order valence-corrected chi connectivity index (χ2v) is 17.3. The highest BCUT2D eigenvalue weighted by molar-refractivity contribution is 5.95. The summed E-state index contributed by atoms with van der Waals surface area (Å²) in [6.45, 7) is 12.4. The van der Waals surface area contributed by atoms with E-state index in [1.807, 2.05) is 12.4 Å². The molecule has 4 aliphatic rings. The monoisotopic (exact) mass is 768 g/mol. The molecule has 4 aliphatic heterocycles. The number of nitrogens with zero attached hydrogens (tertiary/aromatic N) is 4. The third-order valence-electron chi connectivity index (χ3n) is 14.0. The fraction of sp³-hybridized carbons (Fsp3) is 0.353. The highest BCUT2D eigenvalue weighted by atomic mass is 16.1. The van der Waals surface area contributed by atoms with Crippen molar-refractivity contribution in [1.29, 1.82) is 0 Å². The maximum atomic E-state index is 14.6. The molecule has 0 spiro atoms. The van der Waals surface area contributed by atoms with Crippen LogP contribution in [0.4, 0.5) is 11.4 Å². The SMILES string of the molecule is CC(C(=O)C(C)N1C[C@@H](CCN2CC=C(c3ccc4[nH]ccc4c3)CC2)c2ccccc21)N1C[C@@H](CCN2CC=C(c3ccc4[nH]ccc4c3)CC2)c2ccccc21. The van der Waals surface area contributed by atoms with Crippen molar-refractivity contribution in [3.63, 3.8) is 0 Å². The number of H-pyrrole nitrogens is 2. The van der Waals surface area contributed by atoms with Gasteiger partial charge in [-0.2, -0.15) is 0 Å². The number of fused-ring (bicyclic) bond motifs is 4. The number of carbonyl (C=O) groups excluding carboxylic acids is 1. The van der Waals surface area contributed by atoms with E-state index in [1.54, 1.807) is 0 Å². The first kappa shape index (κ1) is 36.9. The zero-order valence-electron chi connectivity index (χ0n) is 34.0. The number of anilines is 2. The number of rotatable bonds is 12. The van der Waals surface area contributed by atoms with Crippen molar-refractivity contribution in [2.24, 2.45) is 0 Å². The van der Waals surface area contributed by atoms with E-state index in [4.69, 9.17) is 0 Å². The van der Waals surface area contributed by atoms with E-state index < -0.39 is 0 Å². The Kier molecular flexibility index (Phi) is 10.0. The van der Waals surface area contributed by atoms with Crippen LogP contribution in [0, 0.1) is 0 Å². The summed E-state index contributed by atoms with van der Waals surface area (Å²) in [6, 6.07) is 35.2. The lowest BCUT2D eigenvalue weighted by Crippen LogP contribution is -2.49. The predicted molar refractivity (Wildman–Crippen MR) is 241 cm³/mol. The molecule has 0 amide bonds. The summed E-state index contributed by atoms with van der Waals surface area (Å²) < 4.78 is 0. The maximum absolute atomic E-state index is 14.6. The van der Waals surface area contributed by atoms with Gasteiger partial charge < -0.3 is 19.8 Å². The molecule has 296 valence electrons. The lowest BCUT2D eigenvalue weighted by molar-refractivity contribution is -0.121. The number of Topliss-reactive ketones (excluding diaryl/α,β-unsaturated/α-hetero) is 1. The zero-order chi connectivity index (χ0) is 39.2. The predicted octanol–water partition coefficient (Wildman–Crippen LogP) is 9.86. The number of nitrogens with one attached hydrogen (secondary N) is 2. The molecule has 4 atom stereocenters. The summed E-state index contributed by atoms with van der Waals surface area (Å²) in [5.41, 5.74) is 13.3. The molecule has 10 rings (SSSR count). The van der Waals surface area contributed by atoms with Gasteiger partial charge in [0, 0.05) is 85.9 Å². The van der Waals surface area contributed by atoms with Crippen molar-refractivity contribution in [2.45, 2.75) is 63.5 Å². The lowest BCUT2D eigenvalue weighted by Gasteiger charge is -2.33. The summed E-state index contributed by atoms with van der Waals surface area (Å²) in [6.07, 6.45) is 13.3. The molecule has 2 aromatic heterocycles. The molecule has 2 N–H and O–H groups in total. The smallest absolute Gasteiger partial charge is 0.176 e. The minimum Gasteiger partial charge on any atom is -0.361 e. The Balaban J connectivity index is 0.755. The van der Waals surface area contributed by atoms with Crippen LogP contribution in [0.1, 0.15) is 73.6 Å². The molecule has 0 radical (unpaired) electrons. The van der Waals surface area contributed by atoms with Crippen LogP contribution in [0.3, 0.4) is 0 Å². The van der Waals surface area contributed by atoms with Crippen LogP contribution in [0.5, 0.6) is 0 Å². The molecule has 0 bridgehead atoms. The number of para-hydroxylation sites is 2. The van der Waals surface area contributed by atoms with Gasteiger partial charge in [0.05, 0.1) is 12.1 Å². The molecule has 0 saturated heterocycles. The largest absolute Gasteiger partial charge is 0.361 e. The van der Waals surface area contributed by atoms with Crippen LogP contribution in [0.25, 0.3) is 33.0 Å². The van der Waals surface area contributed by atoms with Crippen molar-refractivity contribution in [3.8, 4) is 0 Å². The van der Waals surface area contributed by atoms with Gasteiger partial charge in [-0.05, 0) is 145 Å². The van der Waals surface area contributed by atoms with Gasteiger partial charge in [-0.25, -0.2) is 0 Å². The maximum Gasteiger partial charge on any atom is 0.176 e. The van der Waals surface area contributed by atoms with Crippen LogP contribution >= 0.6 is 0 Å². The highest BCUT2D eigenvalue weighted by Crippen LogP contribution is 2.42. The topological polar surface area (TPSA) is 61.6 Å². The van der Waals surface area contributed by atoms with Gasteiger partial charge >= 0.3 is 0 Å². The molecule has 7 nitrogen and oxygen atoms in total. The van der Waals surface area contributed by atoms with Gasteiger partial charge in [0.1, 0.15) is 0 Å². The van der Waals surface area contributed by atoms with E-state index in [2.05, 4.69) is 153 Å². The number of benzene rings is 4. The molecular formula is C51H56N6O. The fourth-order valence-electron chi connectivity index (χ4n) is 10.5. The molecule has 0 aliphatic carbocycles. The third kappa shape index (κ3) is 7.09. The molecule has 4 aromatic carbocycles. The Morgan fingerprint density at radius 2 is 1.09 bits per heavy atom. The van der Waals surface area contributed by atoms with E-state index in [9.17, 15) is 4.79 Å². The zero-order valence-corrected chi connectivity index (χ0v) is 34.0. The van der Waals surface area contributed by atoms with Crippen molar-refractivity contribution >= 4 is 50.1 Å². The van der Waals surface area contributed by atoms with Gasteiger partial charge in [-0.3, -0.25) is 14.6 Å². The van der Waals surface area contributed by atoms with Gasteiger partial charge in [0.25, 0.3) is 0 Å². The molecule has 2 unspecified atom stereocenters. The number of aromatic amines is 2. The van der Waals surface area contributed by atoms with Crippen molar-refractivity contribution < 1.29 is 4.79 Å². The minimum absolute atomic E-state index is 0.197. The van der Waals surface area contributed by atoms with Crippen LogP contribution in [-0.4, -0.2) is 90.0 Å². The Hall–Kier alpha value is -5.37. The molecule has 0 saturated carbocycles. The van der Waals surface area contributed by atoms with Crippen molar-refractivity contribution in [1.82, 2.24) is 19.8 Å². The van der Waals surface area contributed by atoms with E-state index in [0.29, 0.717) is 17.6 Å². The van der Waals surface area contributed by atoms with Crippen LogP contribution in [0.15, 0.2) is 122 Å². The first-order valence-corrected chi connectivity index (χ1v) is 21.7. The average molecular weight is 769 g/mol. The standard InChI is InChI=1S/C51H56N6O/c1-35(56-33-43(45-7-3-5-9-49(45)56)21-29-54-25-17-37(18-26-54)39-11-13-47-41(31-39)15-23-52-47)51(58)36(2)57-34-44(46-8-4-6-10-50(46)57)22-30-55-27-19-38(20-28-55)40-12-14-48-42(32-40)16-24-53-48/h3-17,19,23-24,31-32,35-36,43-44,52-53H,18,20-22,25-30,33-34H2,1-2H3/t35?,36?,43-,44-/m1/s1. The Morgan fingerprint density at radius 1 is 0.621 bits per heavy atom. The van der Waals surface area contributed by atoms with Crippen LogP contribution in [0.2, 0.25) is 0 Å². The second kappa shape index (κ2) is 15.8. The van der Waals surface area contributed by atoms with Crippen molar-refractivity contribution in [2.75, 3.05) is 62.2 Å². The molecule has 6 heterocycles.